The molecule has 16 heavy (non-hydrogen) atoms. The van der Waals surface area contributed by atoms with E-state index >= 15 is 0 Å². The van der Waals surface area contributed by atoms with Crippen LogP contribution in [-0.2, 0) is 6.42 Å². The molecule has 1 N–H and O–H groups in total. The molecule has 2 saturated carbocycles. The van der Waals surface area contributed by atoms with Crippen LogP contribution in [-0.4, -0.2) is 23.3 Å². The number of nitrogens with one attached hydrogen (secondary N) is 1. The van der Waals surface area contributed by atoms with Crippen LogP contribution in [0.4, 0.5) is 0 Å². The Morgan fingerprint density at radius 2 is 2.06 bits per heavy atom. The van der Waals surface area contributed by atoms with Crippen LogP contribution in [0, 0.1) is 11.8 Å². The molecule has 88 valence electrons. The normalized spacial score (nSPS) is 31.7. The van der Waals surface area contributed by atoms with Crippen molar-refractivity contribution in [1.29, 1.82) is 0 Å². The van der Waals surface area contributed by atoms with Gasteiger partial charge < -0.3 is 9.73 Å². The van der Waals surface area contributed by atoms with E-state index in [0.717, 1.165) is 43.1 Å². The van der Waals surface area contributed by atoms with Crippen molar-refractivity contribution in [3.05, 3.63) is 11.8 Å². The zero-order valence-corrected chi connectivity index (χ0v) is 9.78. The molecule has 0 aliphatic heterocycles. The van der Waals surface area contributed by atoms with Gasteiger partial charge in [-0.2, -0.15) is 0 Å². The highest BCUT2D eigenvalue weighted by molar-refractivity contribution is 5.06. The van der Waals surface area contributed by atoms with E-state index in [-0.39, 0.29) is 0 Å². The fourth-order valence-electron chi connectivity index (χ4n) is 2.82. The minimum Gasteiger partial charge on any atom is -0.425 e. The van der Waals surface area contributed by atoms with Crippen LogP contribution in [0.5, 0.6) is 0 Å². The van der Waals surface area contributed by atoms with E-state index in [9.17, 15) is 0 Å². The van der Waals surface area contributed by atoms with E-state index < -0.39 is 0 Å². The third-order valence-electron chi connectivity index (χ3n) is 3.84. The fourth-order valence-corrected chi connectivity index (χ4v) is 2.82. The third kappa shape index (κ3) is 1.98. The molecule has 2 fully saturated rings. The van der Waals surface area contributed by atoms with Crippen LogP contribution in [0.15, 0.2) is 4.42 Å². The maximum absolute atomic E-state index is 5.72. The molecule has 2 aliphatic rings. The summed E-state index contributed by atoms with van der Waals surface area (Å²) < 4.78 is 5.72. The Morgan fingerprint density at radius 3 is 2.81 bits per heavy atom. The lowest BCUT2D eigenvalue weighted by Crippen LogP contribution is -2.16. The van der Waals surface area contributed by atoms with E-state index in [1.807, 2.05) is 0 Å². The average Bonchev–Trinajstić information content (AvgIpc) is 2.76. The van der Waals surface area contributed by atoms with Gasteiger partial charge in [0.15, 0.2) is 0 Å². The maximum atomic E-state index is 5.72. The minimum absolute atomic E-state index is 0.559. The smallest absolute Gasteiger partial charge is 0.219 e. The Balaban J connectivity index is 1.55. The van der Waals surface area contributed by atoms with Crippen LogP contribution in [0.3, 0.4) is 0 Å². The highest BCUT2D eigenvalue weighted by atomic mass is 16.4. The lowest BCUT2D eigenvalue weighted by molar-refractivity contribution is 0.401. The fraction of sp³-hybridized carbons (Fsp3) is 0.833. The molecule has 0 amide bonds. The van der Waals surface area contributed by atoms with Crippen LogP contribution in [0.1, 0.15) is 43.9 Å². The summed E-state index contributed by atoms with van der Waals surface area (Å²) in [5.41, 5.74) is 0. The molecule has 4 heteroatoms. The summed E-state index contributed by atoms with van der Waals surface area (Å²) in [6.07, 6.45) is 4.84. The Hall–Kier alpha value is -0.900. The summed E-state index contributed by atoms with van der Waals surface area (Å²) >= 11 is 0. The van der Waals surface area contributed by atoms with E-state index in [1.54, 1.807) is 0 Å². The molecule has 4 nitrogen and oxygen atoms in total. The second kappa shape index (κ2) is 4.17. The number of nitrogens with zero attached hydrogens (tertiary/aromatic N) is 2. The number of rotatable bonds is 5. The van der Waals surface area contributed by atoms with Gasteiger partial charge in [0.25, 0.3) is 0 Å². The maximum Gasteiger partial charge on any atom is 0.219 e. The Labute approximate surface area is 95.8 Å². The SMILES string of the molecule is CCNCCc1nnc(C2CC3CC3C2)o1. The van der Waals surface area contributed by atoms with Crippen molar-refractivity contribution in [2.45, 2.75) is 38.5 Å². The van der Waals surface area contributed by atoms with Gasteiger partial charge in [-0.1, -0.05) is 6.92 Å². The molecule has 3 rings (SSSR count). The van der Waals surface area contributed by atoms with Gasteiger partial charge in [0, 0.05) is 18.9 Å². The quantitative estimate of drug-likeness (QED) is 0.769. The molecular weight excluding hydrogens is 202 g/mol. The van der Waals surface area contributed by atoms with E-state index in [0.29, 0.717) is 5.92 Å². The molecule has 0 spiro atoms. The molecule has 1 aromatic heterocycles. The van der Waals surface area contributed by atoms with Gasteiger partial charge in [-0.25, -0.2) is 0 Å². The largest absolute Gasteiger partial charge is 0.425 e. The van der Waals surface area contributed by atoms with Crippen molar-refractivity contribution in [2.75, 3.05) is 13.1 Å². The van der Waals surface area contributed by atoms with E-state index in [4.69, 9.17) is 4.42 Å². The summed E-state index contributed by atoms with van der Waals surface area (Å²) in [5.74, 6) is 4.18. The van der Waals surface area contributed by atoms with Gasteiger partial charge in [-0.3, -0.25) is 0 Å². The number of hydrogen-bond acceptors (Lipinski definition) is 4. The number of fused-ring (bicyclic) bond motifs is 1. The highest BCUT2D eigenvalue weighted by Crippen LogP contribution is 2.57. The number of aromatic nitrogens is 2. The summed E-state index contributed by atoms with van der Waals surface area (Å²) in [5, 5.41) is 11.6. The molecule has 1 heterocycles. The van der Waals surface area contributed by atoms with Gasteiger partial charge in [-0.15, -0.1) is 10.2 Å². The zero-order valence-electron chi connectivity index (χ0n) is 9.78. The lowest BCUT2D eigenvalue weighted by atomic mass is 10.0. The van der Waals surface area contributed by atoms with Crippen LogP contribution in [0.25, 0.3) is 0 Å². The zero-order chi connectivity index (χ0) is 11.0. The summed E-state index contributed by atoms with van der Waals surface area (Å²) in [4.78, 5) is 0. The summed E-state index contributed by atoms with van der Waals surface area (Å²) in [6, 6.07) is 0. The monoisotopic (exact) mass is 221 g/mol. The van der Waals surface area contributed by atoms with Gasteiger partial charge in [-0.05, 0) is 37.6 Å². The van der Waals surface area contributed by atoms with Crippen molar-refractivity contribution in [2.24, 2.45) is 11.8 Å². The molecule has 0 saturated heterocycles. The summed E-state index contributed by atoms with van der Waals surface area (Å²) in [7, 11) is 0. The predicted octanol–water partition coefficient (Wildman–Crippen LogP) is 1.74. The van der Waals surface area contributed by atoms with Gasteiger partial charge in [0.05, 0.1) is 0 Å². The average molecular weight is 221 g/mol. The highest BCUT2D eigenvalue weighted by Gasteiger charge is 2.47. The number of likely N-dealkylation sites (N-methyl/N-ethyl adjacent to an activating group) is 1. The molecule has 2 aliphatic carbocycles. The topological polar surface area (TPSA) is 51.0 Å². The second-order valence-electron chi connectivity index (χ2n) is 5.06. The standard InChI is InChI=1S/C12H19N3O/c1-2-13-4-3-11-14-15-12(16-11)10-6-8-5-9(8)7-10/h8-10,13H,2-7H2,1H3. The first-order chi connectivity index (χ1) is 7.86. The molecule has 0 bridgehead atoms. The van der Waals surface area contributed by atoms with Gasteiger partial charge in [0.2, 0.25) is 11.8 Å². The van der Waals surface area contributed by atoms with Crippen LogP contribution in [0.2, 0.25) is 0 Å². The molecule has 2 unspecified atom stereocenters. The first-order valence-corrected chi connectivity index (χ1v) is 6.39. The van der Waals surface area contributed by atoms with Crippen molar-refractivity contribution in [1.82, 2.24) is 15.5 Å². The molecule has 2 atom stereocenters. The second-order valence-corrected chi connectivity index (χ2v) is 5.06. The Morgan fingerprint density at radius 1 is 1.25 bits per heavy atom. The number of hydrogen-bond donors (Lipinski definition) is 1. The molecule has 0 radical (unpaired) electrons. The third-order valence-corrected chi connectivity index (χ3v) is 3.84. The lowest BCUT2D eigenvalue weighted by Gasteiger charge is -2.04. The van der Waals surface area contributed by atoms with Crippen molar-refractivity contribution < 1.29 is 4.42 Å². The molecular formula is C12H19N3O. The van der Waals surface area contributed by atoms with E-state index in [2.05, 4.69) is 22.4 Å². The van der Waals surface area contributed by atoms with Gasteiger partial charge >= 0.3 is 0 Å². The van der Waals surface area contributed by atoms with Crippen molar-refractivity contribution in [3.63, 3.8) is 0 Å². The Kier molecular flexibility index (Phi) is 2.67. The predicted molar refractivity (Wildman–Crippen MR) is 60.1 cm³/mol. The van der Waals surface area contributed by atoms with Crippen LogP contribution >= 0.6 is 0 Å². The van der Waals surface area contributed by atoms with E-state index in [1.165, 1.54) is 19.3 Å². The Bertz CT molecular complexity index is 353. The van der Waals surface area contributed by atoms with Crippen LogP contribution < -0.4 is 5.32 Å². The first-order valence-electron chi connectivity index (χ1n) is 6.39. The van der Waals surface area contributed by atoms with Crippen molar-refractivity contribution in [3.8, 4) is 0 Å². The molecule has 1 aromatic rings. The first kappa shape index (κ1) is 10.3. The molecule has 0 aromatic carbocycles. The summed E-state index contributed by atoms with van der Waals surface area (Å²) in [6.45, 7) is 4.02. The van der Waals surface area contributed by atoms with Gasteiger partial charge in [0.1, 0.15) is 0 Å². The minimum atomic E-state index is 0.559. The van der Waals surface area contributed by atoms with Crippen molar-refractivity contribution >= 4 is 0 Å².